The molecule has 4 aromatic rings. The Morgan fingerprint density at radius 3 is 2.53 bits per heavy atom. The molecule has 0 saturated carbocycles. The molecule has 1 atom stereocenters. The maximum Gasteiger partial charge on any atom is 0.573 e. The fourth-order valence-electron chi connectivity index (χ4n) is 4.20. The summed E-state index contributed by atoms with van der Waals surface area (Å²) in [6.07, 6.45) is -3.02. The number of H-pyrrole nitrogens is 1. The van der Waals surface area contributed by atoms with E-state index in [0.29, 0.717) is 16.7 Å². The Kier molecular flexibility index (Phi) is 7.67. The third kappa shape index (κ3) is 6.13. The van der Waals surface area contributed by atoms with Gasteiger partial charge in [0.15, 0.2) is 0 Å². The Bertz CT molecular complexity index is 1520. The lowest BCUT2D eigenvalue weighted by Gasteiger charge is -2.19. The van der Waals surface area contributed by atoms with Gasteiger partial charge in [-0.3, -0.25) is 9.59 Å². The van der Waals surface area contributed by atoms with Gasteiger partial charge in [-0.15, -0.1) is 13.2 Å². The molecule has 0 spiro atoms. The molecular weight excluding hydrogens is 497 g/mol. The zero-order valence-electron chi connectivity index (χ0n) is 20.2. The summed E-state index contributed by atoms with van der Waals surface area (Å²) in [5.74, 6) is -1.84. The second-order valence-corrected chi connectivity index (χ2v) is 8.51. The second-order valence-electron chi connectivity index (χ2n) is 8.51. The number of hydrogen-bond donors (Lipinski definition) is 3. The summed E-state index contributed by atoms with van der Waals surface area (Å²) in [6.45, 7) is 0. The minimum atomic E-state index is -5.02. The number of para-hydroxylation sites is 1. The number of rotatable bonds is 8. The first-order valence-electron chi connectivity index (χ1n) is 11.6. The van der Waals surface area contributed by atoms with Gasteiger partial charge in [0, 0.05) is 35.8 Å². The standard InChI is InChI=1S/C28H23F3N4O3/c1-33-26(36)19-6-4-5-17(13-19)18-9-10-25(38-28(29,30)31)23(15-18)27(37)35-21(11-12-32)14-20-16-34-24-8-3-2-7-22(20)24/h2-10,13,15-16,21,34H,11,14H2,1H3,(H,33,36)(H,35,37). The lowest BCUT2D eigenvalue weighted by atomic mass is 9.99. The van der Waals surface area contributed by atoms with Crippen molar-refractivity contribution >= 4 is 22.7 Å². The summed E-state index contributed by atoms with van der Waals surface area (Å²) < 4.78 is 43.5. The van der Waals surface area contributed by atoms with Crippen LogP contribution >= 0.6 is 0 Å². The third-order valence-corrected chi connectivity index (χ3v) is 5.95. The number of nitriles is 1. The van der Waals surface area contributed by atoms with Crippen molar-refractivity contribution in [2.45, 2.75) is 25.2 Å². The molecule has 0 aliphatic rings. The van der Waals surface area contributed by atoms with Crippen LogP contribution in [0.5, 0.6) is 5.75 Å². The zero-order valence-corrected chi connectivity index (χ0v) is 20.2. The predicted octanol–water partition coefficient (Wildman–Crippen LogP) is 5.35. The number of aromatic amines is 1. The molecule has 4 rings (SSSR count). The topological polar surface area (TPSA) is 107 Å². The minimum Gasteiger partial charge on any atom is -0.405 e. The van der Waals surface area contributed by atoms with Crippen LogP contribution in [0, 0.1) is 11.3 Å². The number of nitrogens with zero attached hydrogens (tertiary/aromatic N) is 1. The molecule has 1 unspecified atom stereocenters. The summed E-state index contributed by atoms with van der Waals surface area (Å²) >= 11 is 0. The molecule has 7 nitrogen and oxygen atoms in total. The van der Waals surface area contributed by atoms with Crippen LogP contribution in [0.25, 0.3) is 22.0 Å². The maximum absolute atomic E-state index is 13.3. The van der Waals surface area contributed by atoms with Gasteiger partial charge in [0.05, 0.1) is 18.1 Å². The van der Waals surface area contributed by atoms with Crippen LogP contribution in [0.15, 0.2) is 72.9 Å². The van der Waals surface area contributed by atoms with Crippen LogP contribution in [0.4, 0.5) is 13.2 Å². The number of nitrogens with one attached hydrogen (secondary N) is 3. The van der Waals surface area contributed by atoms with E-state index in [1.807, 2.05) is 30.3 Å². The molecule has 0 fully saturated rings. The van der Waals surface area contributed by atoms with Gasteiger partial charge in [-0.25, -0.2) is 0 Å². The summed E-state index contributed by atoms with van der Waals surface area (Å²) in [7, 11) is 1.48. The first-order chi connectivity index (χ1) is 18.2. The molecule has 1 heterocycles. The van der Waals surface area contributed by atoms with Crippen LogP contribution in [0.3, 0.4) is 0 Å². The van der Waals surface area contributed by atoms with Gasteiger partial charge < -0.3 is 20.4 Å². The van der Waals surface area contributed by atoms with E-state index in [2.05, 4.69) is 20.4 Å². The summed E-state index contributed by atoms with van der Waals surface area (Å²) in [5, 5.41) is 15.5. The van der Waals surface area contributed by atoms with E-state index in [9.17, 15) is 28.0 Å². The number of amides is 2. The van der Waals surface area contributed by atoms with E-state index < -0.39 is 24.1 Å². The molecule has 1 aromatic heterocycles. The van der Waals surface area contributed by atoms with Crippen molar-refractivity contribution in [3.05, 3.63) is 89.6 Å². The molecule has 0 aliphatic carbocycles. The number of halogens is 3. The number of aromatic nitrogens is 1. The van der Waals surface area contributed by atoms with E-state index in [1.54, 1.807) is 30.5 Å². The SMILES string of the molecule is CNC(=O)c1cccc(-c2ccc(OC(F)(F)F)c(C(=O)NC(CC#N)Cc3c[nH]c4ccccc34)c2)c1. The lowest BCUT2D eigenvalue weighted by molar-refractivity contribution is -0.274. The Hall–Kier alpha value is -4.78. The van der Waals surface area contributed by atoms with Crippen molar-refractivity contribution < 1.29 is 27.5 Å². The highest BCUT2D eigenvalue weighted by molar-refractivity contribution is 5.99. The van der Waals surface area contributed by atoms with Crippen molar-refractivity contribution in [3.63, 3.8) is 0 Å². The van der Waals surface area contributed by atoms with Crippen molar-refractivity contribution in [2.24, 2.45) is 0 Å². The van der Waals surface area contributed by atoms with Gasteiger partial charge in [-0.1, -0.05) is 36.4 Å². The molecule has 0 radical (unpaired) electrons. The average Bonchev–Trinajstić information content (AvgIpc) is 3.30. The van der Waals surface area contributed by atoms with Crippen molar-refractivity contribution in [3.8, 4) is 22.9 Å². The third-order valence-electron chi connectivity index (χ3n) is 5.95. The number of benzene rings is 3. The summed E-state index contributed by atoms with van der Waals surface area (Å²) in [5.41, 5.74) is 2.66. The van der Waals surface area contributed by atoms with E-state index in [1.165, 1.54) is 19.2 Å². The second kappa shape index (κ2) is 11.1. The van der Waals surface area contributed by atoms with Gasteiger partial charge in [-0.2, -0.15) is 5.26 Å². The number of carbonyl (C=O) groups is 2. The largest absolute Gasteiger partial charge is 0.573 e. The number of carbonyl (C=O) groups excluding carboxylic acids is 2. The zero-order chi connectivity index (χ0) is 27.3. The van der Waals surface area contributed by atoms with Gasteiger partial charge >= 0.3 is 6.36 Å². The van der Waals surface area contributed by atoms with Crippen molar-refractivity contribution in [1.82, 2.24) is 15.6 Å². The smallest absolute Gasteiger partial charge is 0.405 e. The van der Waals surface area contributed by atoms with Crippen molar-refractivity contribution in [1.29, 1.82) is 5.26 Å². The Morgan fingerprint density at radius 1 is 1.03 bits per heavy atom. The van der Waals surface area contributed by atoms with E-state index >= 15 is 0 Å². The maximum atomic E-state index is 13.3. The Labute approximate surface area is 216 Å². The molecule has 3 aromatic carbocycles. The lowest BCUT2D eigenvalue weighted by Crippen LogP contribution is -2.36. The minimum absolute atomic E-state index is 0.0609. The monoisotopic (exact) mass is 520 g/mol. The molecule has 0 aliphatic heterocycles. The van der Waals surface area contributed by atoms with Gasteiger partial charge in [-0.05, 0) is 53.4 Å². The normalized spacial score (nSPS) is 12.0. The molecule has 194 valence electrons. The van der Waals surface area contributed by atoms with Crippen LogP contribution in [0.2, 0.25) is 0 Å². The van der Waals surface area contributed by atoms with Crippen LogP contribution in [0.1, 0.15) is 32.7 Å². The quantitative estimate of drug-likeness (QED) is 0.291. The highest BCUT2D eigenvalue weighted by Gasteiger charge is 2.33. The number of alkyl halides is 3. The highest BCUT2D eigenvalue weighted by Crippen LogP contribution is 2.31. The Morgan fingerprint density at radius 2 is 1.79 bits per heavy atom. The van der Waals surface area contributed by atoms with E-state index in [-0.39, 0.29) is 24.3 Å². The first kappa shape index (κ1) is 26.3. The molecule has 10 heteroatoms. The molecular formula is C28H23F3N4O3. The number of ether oxygens (including phenoxy) is 1. The average molecular weight is 521 g/mol. The van der Waals surface area contributed by atoms with Gasteiger partial charge in [0.25, 0.3) is 11.8 Å². The molecule has 38 heavy (non-hydrogen) atoms. The molecule has 0 saturated heterocycles. The predicted molar refractivity (Wildman–Crippen MR) is 135 cm³/mol. The number of fused-ring (bicyclic) bond motifs is 1. The fraction of sp³-hybridized carbons (Fsp3) is 0.179. The van der Waals surface area contributed by atoms with Gasteiger partial charge in [0.2, 0.25) is 0 Å². The summed E-state index contributed by atoms with van der Waals surface area (Å²) in [4.78, 5) is 28.5. The van der Waals surface area contributed by atoms with Crippen LogP contribution in [-0.2, 0) is 6.42 Å². The van der Waals surface area contributed by atoms with E-state index in [0.717, 1.165) is 22.5 Å². The molecule has 2 amide bonds. The number of hydrogen-bond acceptors (Lipinski definition) is 4. The van der Waals surface area contributed by atoms with Crippen LogP contribution < -0.4 is 15.4 Å². The fourth-order valence-corrected chi connectivity index (χ4v) is 4.20. The van der Waals surface area contributed by atoms with Crippen molar-refractivity contribution in [2.75, 3.05) is 7.05 Å². The summed E-state index contributed by atoms with van der Waals surface area (Å²) in [6, 6.07) is 19.0. The highest BCUT2D eigenvalue weighted by atomic mass is 19.4. The van der Waals surface area contributed by atoms with E-state index in [4.69, 9.17) is 0 Å². The molecule has 3 N–H and O–H groups in total. The Balaban J connectivity index is 1.67. The first-order valence-corrected chi connectivity index (χ1v) is 11.6. The molecule has 0 bridgehead atoms. The van der Waals surface area contributed by atoms with Crippen LogP contribution in [-0.4, -0.2) is 36.3 Å². The van der Waals surface area contributed by atoms with Gasteiger partial charge in [0.1, 0.15) is 5.75 Å².